The second kappa shape index (κ2) is 10.2. The van der Waals surface area contributed by atoms with Crippen molar-refractivity contribution in [2.75, 3.05) is 58.4 Å². The molecule has 2 aliphatic rings. The van der Waals surface area contributed by atoms with Crippen LogP contribution in [-0.2, 0) is 14.8 Å². The van der Waals surface area contributed by atoms with Crippen LogP contribution in [0.2, 0.25) is 0 Å². The van der Waals surface area contributed by atoms with E-state index in [0.717, 1.165) is 0 Å². The molecule has 0 bridgehead atoms. The fourth-order valence-electron chi connectivity index (χ4n) is 4.60. The highest BCUT2D eigenvalue weighted by Crippen LogP contribution is 2.33. The van der Waals surface area contributed by atoms with Gasteiger partial charge in [-0.2, -0.15) is 4.31 Å². The predicted octanol–water partition coefficient (Wildman–Crippen LogP) is 2.59. The molecule has 2 aliphatic heterocycles. The van der Waals surface area contributed by atoms with Gasteiger partial charge in [-0.15, -0.1) is 0 Å². The van der Waals surface area contributed by atoms with E-state index in [1.54, 1.807) is 30.3 Å². The van der Waals surface area contributed by atoms with Gasteiger partial charge in [0, 0.05) is 51.3 Å². The Morgan fingerprint density at radius 2 is 1.62 bits per heavy atom. The molecule has 34 heavy (non-hydrogen) atoms. The standard InChI is InChI=1S/C24H30FN3O5S/c1-32-19-7-8-22(33-2)23(17-19)34(30,31)28-11-9-18(10-12-28)24(29)27-15-13-26(14-16-27)21-6-4-3-5-20(21)25/h3-8,17-18H,9-16H2,1-2H3. The first-order chi connectivity index (χ1) is 16.3. The van der Waals surface area contributed by atoms with Crippen LogP contribution in [0.1, 0.15) is 12.8 Å². The number of carbonyl (C=O) groups excluding carboxylic acids is 1. The van der Waals surface area contributed by atoms with E-state index in [0.29, 0.717) is 50.5 Å². The molecule has 0 unspecified atom stereocenters. The molecule has 10 heteroatoms. The number of para-hydroxylation sites is 1. The van der Waals surface area contributed by atoms with Gasteiger partial charge in [0.1, 0.15) is 22.2 Å². The number of anilines is 1. The summed E-state index contributed by atoms with van der Waals surface area (Å²) in [6, 6.07) is 11.3. The zero-order chi connectivity index (χ0) is 24.3. The van der Waals surface area contributed by atoms with Crippen LogP contribution < -0.4 is 14.4 Å². The first-order valence-corrected chi connectivity index (χ1v) is 12.8. The quantitative estimate of drug-likeness (QED) is 0.618. The fraction of sp³-hybridized carbons (Fsp3) is 0.458. The van der Waals surface area contributed by atoms with Crippen LogP contribution in [0.5, 0.6) is 11.5 Å². The molecule has 0 aliphatic carbocycles. The van der Waals surface area contributed by atoms with E-state index in [2.05, 4.69) is 0 Å². The van der Waals surface area contributed by atoms with Gasteiger partial charge in [-0.3, -0.25) is 4.79 Å². The van der Waals surface area contributed by atoms with E-state index >= 15 is 0 Å². The molecule has 184 valence electrons. The van der Waals surface area contributed by atoms with Gasteiger partial charge in [-0.25, -0.2) is 12.8 Å². The van der Waals surface area contributed by atoms with Crippen LogP contribution >= 0.6 is 0 Å². The topological polar surface area (TPSA) is 79.4 Å². The maximum absolute atomic E-state index is 14.1. The van der Waals surface area contributed by atoms with Crippen molar-refractivity contribution in [1.29, 1.82) is 0 Å². The molecule has 0 spiro atoms. The van der Waals surface area contributed by atoms with Crippen LogP contribution in [-0.4, -0.2) is 77.0 Å². The zero-order valence-electron chi connectivity index (χ0n) is 19.4. The largest absolute Gasteiger partial charge is 0.497 e. The summed E-state index contributed by atoms with van der Waals surface area (Å²) in [4.78, 5) is 16.9. The number of halogens is 1. The Bertz CT molecular complexity index is 1130. The summed E-state index contributed by atoms with van der Waals surface area (Å²) in [7, 11) is -0.886. The van der Waals surface area contributed by atoms with Crippen molar-refractivity contribution in [1.82, 2.24) is 9.21 Å². The minimum Gasteiger partial charge on any atom is -0.497 e. The van der Waals surface area contributed by atoms with E-state index in [1.165, 1.54) is 30.7 Å². The number of hydrogen-bond donors (Lipinski definition) is 0. The highest BCUT2D eigenvalue weighted by Gasteiger charge is 2.36. The van der Waals surface area contributed by atoms with Crippen molar-refractivity contribution in [3.05, 3.63) is 48.3 Å². The van der Waals surface area contributed by atoms with E-state index in [4.69, 9.17) is 9.47 Å². The van der Waals surface area contributed by atoms with E-state index in [-0.39, 0.29) is 41.4 Å². The van der Waals surface area contributed by atoms with Crippen molar-refractivity contribution >= 4 is 21.6 Å². The number of rotatable bonds is 6. The van der Waals surface area contributed by atoms with Gasteiger partial charge < -0.3 is 19.3 Å². The third-order valence-corrected chi connectivity index (χ3v) is 8.50. The first kappa shape index (κ1) is 24.3. The molecular formula is C24H30FN3O5S. The molecule has 4 rings (SSSR count). The van der Waals surface area contributed by atoms with Crippen LogP contribution in [0.4, 0.5) is 10.1 Å². The van der Waals surface area contributed by atoms with E-state index < -0.39 is 10.0 Å². The molecule has 2 saturated heterocycles. The molecule has 2 aromatic rings. The number of carbonyl (C=O) groups is 1. The SMILES string of the molecule is COc1ccc(OC)c(S(=O)(=O)N2CCC(C(=O)N3CCN(c4ccccc4F)CC3)CC2)c1. The number of piperazine rings is 1. The highest BCUT2D eigenvalue weighted by molar-refractivity contribution is 7.89. The average Bonchev–Trinajstić information content (AvgIpc) is 2.88. The Balaban J connectivity index is 1.36. The smallest absolute Gasteiger partial charge is 0.246 e. The molecule has 2 fully saturated rings. The Labute approximate surface area is 199 Å². The minimum absolute atomic E-state index is 0.0455. The number of hydrogen-bond acceptors (Lipinski definition) is 6. The van der Waals surface area contributed by atoms with Crippen LogP contribution in [0.15, 0.2) is 47.4 Å². The molecule has 0 atom stereocenters. The maximum atomic E-state index is 14.1. The monoisotopic (exact) mass is 491 g/mol. The summed E-state index contributed by atoms with van der Waals surface area (Å²) in [5.74, 6) is 0.247. The number of nitrogens with zero attached hydrogens (tertiary/aromatic N) is 3. The van der Waals surface area contributed by atoms with Crippen molar-refractivity contribution in [2.45, 2.75) is 17.7 Å². The lowest BCUT2D eigenvalue weighted by molar-refractivity contribution is -0.137. The minimum atomic E-state index is -3.79. The van der Waals surface area contributed by atoms with Crippen LogP contribution in [0.3, 0.4) is 0 Å². The molecule has 0 N–H and O–H groups in total. The van der Waals surface area contributed by atoms with Gasteiger partial charge >= 0.3 is 0 Å². The van der Waals surface area contributed by atoms with Gasteiger partial charge in [0.05, 0.1) is 19.9 Å². The first-order valence-electron chi connectivity index (χ1n) is 11.4. The summed E-state index contributed by atoms with van der Waals surface area (Å²) in [6.45, 7) is 2.69. The molecular weight excluding hydrogens is 461 g/mol. The van der Waals surface area contributed by atoms with Crippen molar-refractivity contribution in [3.8, 4) is 11.5 Å². The van der Waals surface area contributed by atoms with Crippen molar-refractivity contribution in [2.24, 2.45) is 5.92 Å². The molecule has 1 amide bonds. The van der Waals surface area contributed by atoms with Gasteiger partial charge in [-0.05, 0) is 37.1 Å². The number of piperidine rings is 1. The fourth-order valence-corrected chi connectivity index (χ4v) is 6.24. The van der Waals surface area contributed by atoms with Gasteiger partial charge in [0.25, 0.3) is 0 Å². The third kappa shape index (κ3) is 4.83. The Hall–Kier alpha value is -2.85. The highest BCUT2D eigenvalue weighted by atomic mass is 32.2. The Kier molecular flexibility index (Phi) is 7.27. The zero-order valence-corrected chi connectivity index (χ0v) is 20.3. The normalized spacial score (nSPS) is 18.1. The van der Waals surface area contributed by atoms with Crippen molar-refractivity contribution in [3.63, 3.8) is 0 Å². The molecule has 0 saturated carbocycles. The van der Waals surface area contributed by atoms with E-state index in [1.807, 2.05) is 9.80 Å². The molecule has 0 aromatic heterocycles. The lowest BCUT2D eigenvalue weighted by Gasteiger charge is -2.39. The van der Waals surface area contributed by atoms with Gasteiger partial charge in [0.15, 0.2) is 0 Å². The summed E-state index contributed by atoms with van der Waals surface area (Å²) in [5.41, 5.74) is 0.557. The predicted molar refractivity (Wildman–Crippen MR) is 126 cm³/mol. The summed E-state index contributed by atoms with van der Waals surface area (Å²) in [5, 5.41) is 0. The lowest BCUT2D eigenvalue weighted by atomic mass is 9.96. The summed E-state index contributed by atoms with van der Waals surface area (Å²) in [6.07, 6.45) is 0.912. The Morgan fingerprint density at radius 1 is 0.941 bits per heavy atom. The van der Waals surface area contributed by atoms with Gasteiger partial charge in [-0.1, -0.05) is 12.1 Å². The van der Waals surface area contributed by atoms with E-state index in [9.17, 15) is 17.6 Å². The second-order valence-electron chi connectivity index (χ2n) is 8.46. The maximum Gasteiger partial charge on any atom is 0.246 e. The average molecular weight is 492 g/mol. The molecule has 8 nitrogen and oxygen atoms in total. The molecule has 0 radical (unpaired) electrons. The lowest BCUT2D eigenvalue weighted by Crippen LogP contribution is -2.52. The number of ether oxygens (including phenoxy) is 2. The number of methoxy groups -OCH3 is 2. The number of sulfonamides is 1. The molecule has 2 heterocycles. The van der Waals surface area contributed by atoms with Crippen molar-refractivity contribution < 1.29 is 27.1 Å². The van der Waals surface area contributed by atoms with Crippen LogP contribution in [0, 0.1) is 11.7 Å². The van der Waals surface area contributed by atoms with Crippen LogP contribution in [0.25, 0.3) is 0 Å². The van der Waals surface area contributed by atoms with Gasteiger partial charge in [0.2, 0.25) is 15.9 Å². The number of benzene rings is 2. The Morgan fingerprint density at radius 3 is 2.24 bits per heavy atom. The third-order valence-electron chi connectivity index (χ3n) is 6.58. The number of amides is 1. The second-order valence-corrected chi connectivity index (χ2v) is 10.4. The summed E-state index contributed by atoms with van der Waals surface area (Å²) >= 11 is 0. The summed E-state index contributed by atoms with van der Waals surface area (Å²) < 4.78 is 52.5. The molecule has 2 aromatic carbocycles.